The van der Waals surface area contributed by atoms with E-state index in [0.717, 1.165) is 23.5 Å². The number of imide groups is 1. The van der Waals surface area contributed by atoms with Crippen molar-refractivity contribution < 1.29 is 18.7 Å². The van der Waals surface area contributed by atoms with E-state index < -0.39 is 0 Å². The highest BCUT2D eigenvalue weighted by atomic mass is 32.2. The van der Waals surface area contributed by atoms with Crippen LogP contribution in [0.4, 0.5) is 5.69 Å². The minimum Gasteiger partial charge on any atom is -0.494 e. The quantitative estimate of drug-likeness (QED) is 0.433. The zero-order chi connectivity index (χ0) is 21.8. The monoisotopic (exact) mass is 433 g/mol. The third-order valence-corrected chi connectivity index (χ3v) is 6.05. The van der Waals surface area contributed by atoms with Crippen molar-refractivity contribution in [1.29, 1.82) is 0 Å². The van der Waals surface area contributed by atoms with Crippen LogP contribution in [0.5, 0.6) is 5.75 Å². The zero-order valence-electron chi connectivity index (χ0n) is 17.5. The summed E-state index contributed by atoms with van der Waals surface area (Å²) in [5, 5.41) is 0. The van der Waals surface area contributed by atoms with Crippen LogP contribution >= 0.6 is 11.8 Å². The van der Waals surface area contributed by atoms with E-state index >= 15 is 0 Å². The Hall–Kier alpha value is -3.25. The van der Waals surface area contributed by atoms with Gasteiger partial charge in [0, 0.05) is 0 Å². The fourth-order valence-corrected chi connectivity index (χ4v) is 4.42. The van der Waals surface area contributed by atoms with Gasteiger partial charge in [0.2, 0.25) is 0 Å². The summed E-state index contributed by atoms with van der Waals surface area (Å²) in [4.78, 5) is 28.6. The Labute approximate surface area is 185 Å². The second kappa shape index (κ2) is 9.27. The summed E-state index contributed by atoms with van der Waals surface area (Å²) in [6, 6.07) is 18.4. The van der Waals surface area contributed by atoms with Gasteiger partial charge in [-0.3, -0.25) is 9.59 Å². The molecule has 0 atom stereocenters. The van der Waals surface area contributed by atoms with Gasteiger partial charge in [-0.05, 0) is 54.8 Å². The number of hydrogen-bond donors (Lipinski definition) is 0. The molecule has 0 saturated heterocycles. The van der Waals surface area contributed by atoms with Crippen LogP contribution in [0.1, 0.15) is 30.2 Å². The van der Waals surface area contributed by atoms with Gasteiger partial charge in [0.15, 0.2) is 0 Å². The summed E-state index contributed by atoms with van der Waals surface area (Å²) >= 11 is 1.32. The Bertz CT molecular complexity index is 1120. The molecule has 2 aromatic carbocycles. The number of anilines is 1. The molecule has 0 unspecified atom stereocenters. The maximum Gasteiger partial charge on any atom is 0.272 e. The summed E-state index contributed by atoms with van der Waals surface area (Å²) in [6.45, 7) is 4.57. The second-order valence-corrected chi connectivity index (χ2v) is 8.16. The molecule has 0 radical (unpaired) electrons. The van der Waals surface area contributed by atoms with Crippen LogP contribution in [0.2, 0.25) is 0 Å². The van der Waals surface area contributed by atoms with Crippen LogP contribution < -0.4 is 9.64 Å². The number of carbonyl (C=O) groups excluding carboxylic acids is 2. The molecule has 0 fully saturated rings. The number of para-hydroxylation sites is 1. The molecule has 0 saturated carbocycles. The predicted octanol–water partition coefficient (Wildman–Crippen LogP) is 5.59. The number of amides is 2. The summed E-state index contributed by atoms with van der Waals surface area (Å²) in [5.41, 5.74) is 2.57. The smallest absolute Gasteiger partial charge is 0.272 e. The van der Waals surface area contributed by atoms with Gasteiger partial charge in [0.05, 0.1) is 34.8 Å². The number of ether oxygens (including phenoxy) is 1. The maximum atomic E-state index is 13.5. The number of carbonyl (C=O) groups is 2. The molecule has 1 aromatic heterocycles. The Morgan fingerprint density at radius 1 is 0.968 bits per heavy atom. The lowest BCUT2D eigenvalue weighted by Gasteiger charge is -2.17. The third-order valence-electron chi connectivity index (χ3n) is 4.95. The fraction of sp³-hybridized carbons (Fsp3) is 0.200. The van der Waals surface area contributed by atoms with E-state index in [1.165, 1.54) is 16.7 Å². The predicted molar refractivity (Wildman–Crippen MR) is 123 cm³/mol. The fourth-order valence-electron chi connectivity index (χ4n) is 3.41. The van der Waals surface area contributed by atoms with Crippen molar-refractivity contribution in [3.63, 3.8) is 0 Å². The van der Waals surface area contributed by atoms with Gasteiger partial charge in [-0.2, -0.15) is 0 Å². The molecule has 0 aliphatic carbocycles. The topological polar surface area (TPSA) is 59.8 Å². The van der Waals surface area contributed by atoms with Gasteiger partial charge in [-0.15, -0.1) is 11.8 Å². The van der Waals surface area contributed by atoms with Crippen LogP contribution in [0.25, 0.3) is 5.57 Å². The molecule has 0 spiro atoms. The first-order chi connectivity index (χ1) is 15.1. The number of nitrogens with zero attached hydrogens (tertiary/aromatic N) is 1. The summed E-state index contributed by atoms with van der Waals surface area (Å²) < 4.78 is 11.1. The average Bonchev–Trinajstić information content (AvgIpc) is 3.38. The van der Waals surface area contributed by atoms with Gasteiger partial charge in [-0.1, -0.05) is 37.3 Å². The molecular formula is C25H23NO4S. The lowest BCUT2D eigenvalue weighted by molar-refractivity contribution is -0.119. The van der Waals surface area contributed by atoms with Crippen LogP contribution in [0, 0.1) is 6.92 Å². The second-order valence-electron chi connectivity index (χ2n) is 7.18. The maximum absolute atomic E-state index is 13.5. The molecule has 4 rings (SSSR count). The Balaban J connectivity index is 1.71. The van der Waals surface area contributed by atoms with Gasteiger partial charge < -0.3 is 9.15 Å². The zero-order valence-corrected chi connectivity index (χ0v) is 18.3. The highest BCUT2D eigenvalue weighted by Gasteiger charge is 2.40. The largest absolute Gasteiger partial charge is 0.494 e. The minimum absolute atomic E-state index is 0.308. The van der Waals surface area contributed by atoms with Gasteiger partial charge >= 0.3 is 0 Å². The SMILES string of the molecule is CCCOc1ccc(C2=C(SCc3ccco3)C(=O)N(c3ccccc3C)C2=O)cc1. The van der Waals surface area contributed by atoms with E-state index in [0.29, 0.717) is 34.1 Å². The summed E-state index contributed by atoms with van der Waals surface area (Å²) in [7, 11) is 0. The van der Waals surface area contributed by atoms with Crippen molar-refractivity contribution in [2.45, 2.75) is 26.0 Å². The number of furan rings is 1. The average molecular weight is 434 g/mol. The highest BCUT2D eigenvalue weighted by Crippen LogP contribution is 2.40. The van der Waals surface area contributed by atoms with E-state index in [1.807, 2.05) is 68.4 Å². The Morgan fingerprint density at radius 2 is 1.74 bits per heavy atom. The number of rotatable bonds is 8. The number of aryl methyl sites for hydroxylation is 1. The first kappa shape index (κ1) is 21.0. The van der Waals surface area contributed by atoms with E-state index in [1.54, 1.807) is 12.3 Å². The van der Waals surface area contributed by atoms with E-state index in [2.05, 4.69) is 0 Å². The molecule has 2 amide bonds. The number of thioether (sulfide) groups is 1. The minimum atomic E-state index is -0.316. The van der Waals surface area contributed by atoms with Gasteiger partial charge in [0.25, 0.3) is 11.8 Å². The van der Waals surface area contributed by atoms with Crippen LogP contribution in [-0.2, 0) is 15.3 Å². The van der Waals surface area contributed by atoms with Crippen molar-refractivity contribution in [3.8, 4) is 5.75 Å². The molecule has 0 bridgehead atoms. The van der Waals surface area contributed by atoms with Crippen molar-refractivity contribution in [3.05, 3.63) is 88.7 Å². The van der Waals surface area contributed by atoms with Crippen molar-refractivity contribution in [1.82, 2.24) is 0 Å². The van der Waals surface area contributed by atoms with E-state index in [9.17, 15) is 9.59 Å². The molecule has 2 heterocycles. The standard InChI is InChI=1S/C25H23NO4S/c1-3-14-29-19-12-10-18(11-13-19)22-23(31-16-20-8-6-15-30-20)25(28)26(24(22)27)21-9-5-4-7-17(21)2/h4-13,15H,3,14,16H2,1-2H3. The van der Waals surface area contributed by atoms with Gasteiger partial charge in [-0.25, -0.2) is 4.90 Å². The van der Waals surface area contributed by atoms with E-state index in [4.69, 9.17) is 9.15 Å². The summed E-state index contributed by atoms with van der Waals surface area (Å²) in [6.07, 6.45) is 2.51. The lowest BCUT2D eigenvalue weighted by Crippen LogP contribution is -2.31. The molecule has 31 heavy (non-hydrogen) atoms. The van der Waals surface area contributed by atoms with Crippen molar-refractivity contribution >= 4 is 34.8 Å². The Kier molecular flexibility index (Phi) is 6.28. The first-order valence-corrected chi connectivity index (χ1v) is 11.2. The molecular weight excluding hydrogens is 410 g/mol. The molecule has 5 nitrogen and oxygen atoms in total. The van der Waals surface area contributed by atoms with Crippen LogP contribution in [0.3, 0.4) is 0 Å². The van der Waals surface area contributed by atoms with Crippen molar-refractivity contribution in [2.75, 3.05) is 11.5 Å². The van der Waals surface area contributed by atoms with Crippen molar-refractivity contribution in [2.24, 2.45) is 0 Å². The summed E-state index contributed by atoms with van der Waals surface area (Å²) in [5.74, 6) is 1.32. The van der Waals surface area contributed by atoms with Crippen LogP contribution in [-0.4, -0.2) is 18.4 Å². The number of hydrogen-bond acceptors (Lipinski definition) is 5. The van der Waals surface area contributed by atoms with Crippen LogP contribution in [0.15, 0.2) is 76.2 Å². The molecule has 0 N–H and O–H groups in total. The molecule has 6 heteroatoms. The molecule has 1 aliphatic rings. The lowest BCUT2D eigenvalue weighted by atomic mass is 10.1. The van der Waals surface area contributed by atoms with Gasteiger partial charge in [0.1, 0.15) is 11.5 Å². The highest BCUT2D eigenvalue weighted by molar-refractivity contribution is 8.03. The molecule has 158 valence electrons. The normalized spacial score (nSPS) is 13.9. The third kappa shape index (κ3) is 4.30. The number of benzene rings is 2. The van der Waals surface area contributed by atoms with E-state index in [-0.39, 0.29) is 11.8 Å². The molecule has 3 aromatic rings. The Morgan fingerprint density at radius 3 is 2.42 bits per heavy atom. The first-order valence-electron chi connectivity index (χ1n) is 10.2. The molecule has 1 aliphatic heterocycles.